The summed E-state index contributed by atoms with van der Waals surface area (Å²) in [6.07, 6.45) is 2.66. The predicted molar refractivity (Wildman–Crippen MR) is 106 cm³/mol. The zero-order valence-electron chi connectivity index (χ0n) is 13.6. The molecule has 23 heavy (non-hydrogen) atoms. The number of rotatable bonds is 9. The molecule has 2 N–H and O–H groups in total. The Labute approximate surface area is 156 Å². The van der Waals surface area contributed by atoms with Crippen molar-refractivity contribution in [3.05, 3.63) is 30.3 Å². The second-order valence-corrected chi connectivity index (χ2v) is 7.18. The molecule has 0 spiro atoms. The number of halogens is 1. The van der Waals surface area contributed by atoms with Gasteiger partial charge in [-0.1, -0.05) is 18.2 Å². The fourth-order valence-electron chi connectivity index (χ4n) is 1.75. The fourth-order valence-corrected chi connectivity index (χ4v) is 2.42. The van der Waals surface area contributed by atoms with E-state index in [9.17, 15) is 8.42 Å². The van der Waals surface area contributed by atoms with Crippen LogP contribution in [0.25, 0.3) is 0 Å². The molecule has 0 fully saturated rings. The Bertz CT molecular complexity index is 550. The van der Waals surface area contributed by atoms with Crippen molar-refractivity contribution in [2.24, 2.45) is 4.99 Å². The van der Waals surface area contributed by atoms with Gasteiger partial charge >= 0.3 is 0 Å². The maximum Gasteiger partial charge on any atom is 0.190 e. The molecule has 0 bridgehead atoms. The van der Waals surface area contributed by atoms with Gasteiger partial charge < -0.3 is 15.4 Å². The van der Waals surface area contributed by atoms with Crippen LogP contribution in [0.3, 0.4) is 0 Å². The van der Waals surface area contributed by atoms with E-state index in [0.29, 0.717) is 25.5 Å². The average molecular weight is 455 g/mol. The van der Waals surface area contributed by atoms with Gasteiger partial charge in [-0.2, -0.15) is 0 Å². The van der Waals surface area contributed by atoms with Crippen molar-refractivity contribution in [2.45, 2.75) is 12.8 Å². The topological polar surface area (TPSA) is 79.8 Å². The second kappa shape index (κ2) is 12.4. The van der Waals surface area contributed by atoms with E-state index < -0.39 is 9.84 Å². The van der Waals surface area contributed by atoms with Crippen LogP contribution in [0.5, 0.6) is 5.75 Å². The lowest BCUT2D eigenvalue weighted by Gasteiger charge is -2.12. The highest BCUT2D eigenvalue weighted by molar-refractivity contribution is 14.0. The first-order chi connectivity index (χ1) is 10.5. The molecule has 0 atom stereocenters. The monoisotopic (exact) mass is 455 g/mol. The zero-order chi connectivity index (χ0) is 16.3. The number of nitrogens with one attached hydrogen (secondary N) is 2. The van der Waals surface area contributed by atoms with Crippen LogP contribution in [0.4, 0.5) is 0 Å². The summed E-state index contributed by atoms with van der Waals surface area (Å²) in [6, 6.07) is 9.69. The quantitative estimate of drug-likeness (QED) is 0.256. The minimum atomic E-state index is -2.90. The summed E-state index contributed by atoms with van der Waals surface area (Å²) in [6.45, 7) is 1.94. The first-order valence-corrected chi connectivity index (χ1v) is 9.37. The van der Waals surface area contributed by atoms with E-state index in [-0.39, 0.29) is 29.7 Å². The Kier molecular flexibility index (Phi) is 11.8. The van der Waals surface area contributed by atoms with Crippen molar-refractivity contribution in [1.82, 2.24) is 10.6 Å². The Balaban J connectivity index is 0.00000484. The molecule has 132 valence electrons. The number of ether oxygens (including phenoxy) is 1. The van der Waals surface area contributed by atoms with Crippen LogP contribution in [-0.2, 0) is 9.84 Å². The second-order valence-electron chi connectivity index (χ2n) is 4.92. The van der Waals surface area contributed by atoms with Crippen molar-refractivity contribution in [1.29, 1.82) is 0 Å². The number of nitrogens with zero attached hydrogens (tertiary/aromatic N) is 1. The number of para-hydroxylation sites is 1. The summed E-state index contributed by atoms with van der Waals surface area (Å²) < 4.78 is 27.6. The number of benzene rings is 1. The Morgan fingerprint density at radius 1 is 1.13 bits per heavy atom. The maximum atomic E-state index is 11.0. The molecule has 6 nitrogen and oxygen atoms in total. The van der Waals surface area contributed by atoms with Crippen molar-refractivity contribution in [3.63, 3.8) is 0 Å². The largest absolute Gasteiger partial charge is 0.494 e. The van der Waals surface area contributed by atoms with Crippen LogP contribution in [0.15, 0.2) is 35.3 Å². The highest BCUT2D eigenvalue weighted by atomic mass is 127. The predicted octanol–water partition coefficient (Wildman–Crippen LogP) is 1.67. The minimum Gasteiger partial charge on any atom is -0.494 e. The average Bonchev–Trinajstić information content (AvgIpc) is 2.49. The van der Waals surface area contributed by atoms with Crippen LogP contribution in [0.1, 0.15) is 12.8 Å². The molecule has 1 aromatic carbocycles. The van der Waals surface area contributed by atoms with E-state index in [1.807, 2.05) is 30.3 Å². The number of guanidine groups is 1. The maximum absolute atomic E-state index is 11.0. The number of aliphatic imine (C=N–C) groups is 1. The highest BCUT2D eigenvalue weighted by Crippen LogP contribution is 2.07. The SMILES string of the molecule is CN=C(NCCCOc1ccccc1)NCCCS(C)(=O)=O.I. The van der Waals surface area contributed by atoms with E-state index in [1.165, 1.54) is 6.26 Å². The molecule has 0 amide bonds. The Morgan fingerprint density at radius 3 is 2.30 bits per heavy atom. The lowest BCUT2D eigenvalue weighted by atomic mass is 10.3. The van der Waals surface area contributed by atoms with Gasteiger partial charge in [0.1, 0.15) is 15.6 Å². The molecule has 0 aliphatic heterocycles. The van der Waals surface area contributed by atoms with Crippen LogP contribution in [-0.4, -0.2) is 53.1 Å². The summed E-state index contributed by atoms with van der Waals surface area (Å²) in [5.74, 6) is 1.72. The smallest absolute Gasteiger partial charge is 0.190 e. The summed E-state index contributed by atoms with van der Waals surface area (Å²) in [4.78, 5) is 4.08. The van der Waals surface area contributed by atoms with Crippen LogP contribution < -0.4 is 15.4 Å². The van der Waals surface area contributed by atoms with Gasteiger partial charge in [0.2, 0.25) is 0 Å². The van der Waals surface area contributed by atoms with Gasteiger partial charge in [0.05, 0.1) is 12.4 Å². The fraction of sp³-hybridized carbons (Fsp3) is 0.533. The van der Waals surface area contributed by atoms with Gasteiger partial charge in [-0.15, -0.1) is 24.0 Å². The van der Waals surface area contributed by atoms with Crippen LogP contribution in [0, 0.1) is 0 Å². The molecule has 0 saturated carbocycles. The molecule has 0 heterocycles. The standard InChI is InChI=1S/C15H25N3O3S.HI/c1-16-15(18-11-7-13-22(2,19)20)17-10-6-12-21-14-8-4-3-5-9-14;/h3-5,8-9H,6-7,10-13H2,1-2H3,(H2,16,17,18);1H. The molecule has 0 aliphatic carbocycles. The van der Waals surface area contributed by atoms with E-state index in [0.717, 1.165) is 18.7 Å². The third kappa shape index (κ3) is 12.1. The van der Waals surface area contributed by atoms with E-state index >= 15 is 0 Å². The molecule has 8 heteroatoms. The molecule has 0 aromatic heterocycles. The van der Waals surface area contributed by atoms with Crippen molar-refractivity contribution in [3.8, 4) is 5.75 Å². The molecular formula is C15H26IN3O3S. The Hall–Kier alpha value is -1.03. The zero-order valence-corrected chi connectivity index (χ0v) is 16.8. The molecule has 1 rings (SSSR count). The van der Waals surface area contributed by atoms with Crippen molar-refractivity contribution >= 4 is 39.8 Å². The summed E-state index contributed by atoms with van der Waals surface area (Å²) in [5, 5.41) is 6.25. The summed E-state index contributed by atoms with van der Waals surface area (Å²) in [7, 11) is -1.21. The van der Waals surface area contributed by atoms with E-state index in [4.69, 9.17) is 4.74 Å². The van der Waals surface area contributed by atoms with Gasteiger partial charge in [-0.25, -0.2) is 8.42 Å². The molecule has 0 aliphatic rings. The van der Waals surface area contributed by atoms with E-state index in [2.05, 4.69) is 15.6 Å². The summed E-state index contributed by atoms with van der Waals surface area (Å²) >= 11 is 0. The van der Waals surface area contributed by atoms with Crippen LogP contribution in [0.2, 0.25) is 0 Å². The minimum absolute atomic E-state index is 0. The van der Waals surface area contributed by atoms with Gasteiger partial charge in [0.15, 0.2) is 5.96 Å². The summed E-state index contributed by atoms with van der Waals surface area (Å²) in [5.41, 5.74) is 0. The molecule has 0 unspecified atom stereocenters. The molecule has 1 aromatic rings. The first kappa shape index (κ1) is 22.0. The number of hydrogen-bond donors (Lipinski definition) is 2. The van der Waals surface area contributed by atoms with Gasteiger partial charge in [0.25, 0.3) is 0 Å². The van der Waals surface area contributed by atoms with E-state index in [1.54, 1.807) is 7.05 Å². The molecule has 0 saturated heterocycles. The van der Waals surface area contributed by atoms with Crippen molar-refractivity contribution in [2.75, 3.05) is 38.8 Å². The molecular weight excluding hydrogens is 429 g/mol. The lowest BCUT2D eigenvalue weighted by molar-refractivity contribution is 0.311. The van der Waals surface area contributed by atoms with Gasteiger partial charge in [0, 0.05) is 26.4 Å². The van der Waals surface area contributed by atoms with Gasteiger partial charge in [-0.3, -0.25) is 4.99 Å². The lowest BCUT2D eigenvalue weighted by Crippen LogP contribution is -2.38. The Morgan fingerprint density at radius 2 is 1.74 bits per heavy atom. The third-order valence-corrected chi connectivity index (χ3v) is 3.86. The molecule has 0 radical (unpaired) electrons. The number of sulfone groups is 1. The highest BCUT2D eigenvalue weighted by Gasteiger charge is 2.02. The first-order valence-electron chi connectivity index (χ1n) is 7.31. The van der Waals surface area contributed by atoms with Crippen LogP contribution >= 0.6 is 24.0 Å². The van der Waals surface area contributed by atoms with Gasteiger partial charge in [-0.05, 0) is 25.0 Å². The van der Waals surface area contributed by atoms with Crippen molar-refractivity contribution < 1.29 is 13.2 Å². The third-order valence-electron chi connectivity index (χ3n) is 2.83. The number of hydrogen-bond acceptors (Lipinski definition) is 4. The normalized spacial score (nSPS) is 11.5.